The Bertz CT molecular complexity index is 234. The molecule has 0 saturated carbocycles. The van der Waals surface area contributed by atoms with Gasteiger partial charge in [-0.15, -0.1) is 4.52 Å². The van der Waals surface area contributed by atoms with Gasteiger partial charge in [-0.3, -0.25) is 0 Å². The smallest absolute Gasteiger partial charge is 0.394 e. The Hall–Kier alpha value is -0.140. The Balaban J connectivity index is 0.000000532. The molecule has 0 amide bonds. The van der Waals surface area contributed by atoms with Gasteiger partial charge in [0.2, 0.25) is 6.16 Å². The lowest BCUT2D eigenvalue weighted by molar-refractivity contribution is -0.870. The number of aliphatic hydroxyl groups is 2. The normalized spacial score (nSPS) is 17.6. The van der Waals surface area contributed by atoms with Crippen molar-refractivity contribution in [2.75, 3.05) is 67.1 Å². The van der Waals surface area contributed by atoms with E-state index in [9.17, 15) is 4.57 Å². The van der Waals surface area contributed by atoms with Gasteiger partial charge in [0.05, 0.1) is 41.0 Å². The van der Waals surface area contributed by atoms with Gasteiger partial charge in [-0.1, -0.05) is 0 Å². The summed E-state index contributed by atoms with van der Waals surface area (Å²) in [5.74, 6) is 0. The number of rotatable bonds is 7. The Morgan fingerprint density at radius 2 is 1.89 bits per heavy atom. The zero-order chi connectivity index (χ0) is 14.7. The fourth-order valence-corrected chi connectivity index (χ4v) is 1.84. The van der Waals surface area contributed by atoms with E-state index in [1.165, 1.54) is 0 Å². The Morgan fingerprint density at radius 3 is 2.26 bits per heavy atom. The van der Waals surface area contributed by atoms with Crippen molar-refractivity contribution in [3.05, 3.63) is 0 Å². The third-order valence-corrected chi connectivity index (χ3v) is 3.30. The predicted octanol–water partition coefficient (Wildman–Crippen LogP) is -0.204. The van der Waals surface area contributed by atoms with Crippen LogP contribution in [0.5, 0.6) is 0 Å². The van der Waals surface area contributed by atoms with Gasteiger partial charge in [0.15, 0.2) is 6.61 Å². The molecule has 7 nitrogen and oxygen atoms in total. The summed E-state index contributed by atoms with van der Waals surface area (Å²) in [6, 6.07) is 0. The van der Waals surface area contributed by atoms with Crippen LogP contribution < -0.4 is 0 Å². The molecule has 0 aromatic rings. The third kappa shape index (κ3) is 14.1. The lowest BCUT2D eigenvalue weighted by Gasteiger charge is -2.22. The van der Waals surface area contributed by atoms with Crippen LogP contribution in [0.25, 0.3) is 0 Å². The second-order valence-electron chi connectivity index (χ2n) is 5.13. The molecular weight excluding hydrogens is 273 g/mol. The van der Waals surface area contributed by atoms with Crippen LogP contribution in [0.1, 0.15) is 0 Å². The van der Waals surface area contributed by atoms with Gasteiger partial charge in [-0.05, 0) is 4.57 Å². The minimum atomic E-state index is -1.85. The number of likely N-dealkylation sites (N-methyl/N-ethyl adjacent to an activating group) is 1. The monoisotopic (exact) mass is 299 g/mol. The molecule has 1 fully saturated rings. The standard InChI is InChI=1S/C8H20NO4P.C3H6O2/c1-9(2,3)4-5-13-14(12)7-8(11)6-10;1-2-5-3-4-1/h8,10-11H,4-7H2,1-3H3;1-3H2/q+2;. The molecule has 114 valence electrons. The number of hydrogen-bond donors (Lipinski definition) is 2. The first-order chi connectivity index (χ1) is 8.85. The van der Waals surface area contributed by atoms with E-state index in [0.29, 0.717) is 13.4 Å². The molecule has 1 heterocycles. The largest absolute Gasteiger partial charge is 0.511 e. The molecule has 0 aliphatic carbocycles. The van der Waals surface area contributed by atoms with Crippen molar-refractivity contribution in [3.63, 3.8) is 0 Å². The van der Waals surface area contributed by atoms with E-state index in [1.54, 1.807) is 0 Å². The molecule has 0 aromatic carbocycles. The van der Waals surface area contributed by atoms with Gasteiger partial charge in [-0.25, -0.2) is 0 Å². The van der Waals surface area contributed by atoms with Crippen LogP contribution >= 0.6 is 8.03 Å². The fraction of sp³-hybridized carbons (Fsp3) is 1.00. The van der Waals surface area contributed by atoms with Gasteiger partial charge in [0, 0.05) is 0 Å². The van der Waals surface area contributed by atoms with E-state index in [1.807, 2.05) is 21.1 Å². The summed E-state index contributed by atoms with van der Waals surface area (Å²) in [7, 11) is 4.19. The molecule has 2 N–H and O–H groups in total. The maximum absolute atomic E-state index is 11.1. The second-order valence-corrected chi connectivity index (χ2v) is 6.42. The highest BCUT2D eigenvalue weighted by molar-refractivity contribution is 7.39. The van der Waals surface area contributed by atoms with Gasteiger partial charge >= 0.3 is 8.03 Å². The average molecular weight is 299 g/mol. The Kier molecular flexibility index (Phi) is 10.5. The summed E-state index contributed by atoms with van der Waals surface area (Å²) >= 11 is 0. The van der Waals surface area contributed by atoms with Crippen molar-refractivity contribution >= 4 is 8.03 Å². The van der Waals surface area contributed by atoms with Crippen LogP contribution in [0, 0.1) is 0 Å². The molecule has 0 spiro atoms. The molecular formula is C11H26NO6P+2. The van der Waals surface area contributed by atoms with Crippen molar-refractivity contribution in [1.29, 1.82) is 0 Å². The Labute approximate surface area is 115 Å². The van der Waals surface area contributed by atoms with E-state index in [0.717, 1.165) is 24.2 Å². The van der Waals surface area contributed by atoms with Crippen molar-refractivity contribution in [2.45, 2.75) is 6.10 Å². The highest BCUT2D eigenvalue weighted by Gasteiger charge is 2.23. The van der Waals surface area contributed by atoms with Crippen molar-refractivity contribution in [3.8, 4) is 0 Å². The highest BCUT2D eigenvalue weighted by atomic mass is 31.1. The van der Waals surface area contributed by atoms with Crippen molar-refractivity contribution in [2.24, 2.45) is 0 Å². The first-order valence-corrected chi connectivity index (χ1v) is 7.54. The number of hydrogen-bond acceptors (Lipinski definition) is 6. The minimum absolute atomic E-state index is 0.00295. The molecule has 1 saturated heterocycles. The molecule has 19 heavy (non-hydrogen) atoms. The second kappa shape index (κ2) is 10.6. The summed E-state index contributed by atoms with van der Waals surface area (Å²) in [4.78, 5) is 0. The van der Waals surface area contributed by atoms with Crippen molar-refractivity contribution < 1.29 is 33.3 Å². The van der Waals surface area contributed by atoms with E-state index < -0.39 is 14.1 Å². The molecule has 1 aliphatic rings. The maximum atomic E-state index is 11.1. The number of nitrogens with zero attached hydrogens (tertiary/aromatic N) is 1. The van der Waals surface area contributed by atoms with Crippen LogP contribution in [0.3, 0.4) is 0 Å². The average Bonchev–Trinajstić information content (AvgIpc) is 2.85. The summed E-state index contributed by atoms with van der Waals surface area (Å²) in [6.07, 6.45) is -0.939. The van der Waals surface area contributed by atoms with E-state index >= 15 is 0 Å². The summed E-state index contributed by atoms with van der Waals surface area (Å²) in [5.41, 5.74) is 0. The number of ether oxygens (including phenoxy) is 2. The minimum Gasteiger partial charge on any atom is -0.394 e. The molecule has 1 rings (SSSR count). The fourth-order valence-electron chi connectivity index (χ4n) is 0.994. The van der Waals surface area contributed by atoms with Gasteiger partial charge in [0.25, 0.3) is 0 Å². The molecule has 0 bridgehead atoms. The van der Waals surface area contributed by atoms with E-state index in [-0.39, 0.29) is 12.8 Å². The first-order valence-electron chi connectivity index (χ1n) is 6.17. The predicted molar refractivity (Wildman–Crippen MR) is 71.2 cm³/mol. The zero-order valence-corrected chi connectivity index (χ0v) is 12.8. The van der Waals surface area contributed by atoms with Crippen LogP contribution in [0.4, 0.5) is 0 Å². The Morgan fingerprint density at radius 1 is 1.32 bits per heavy atom. The van der Waals surface area contributed by atoms with Gasteiger partial charge in [-0.2, -0.15) is 0 Å². The van der Waals surface area contributed by atoms with Crippen LogP contribution in [0.15, 0.2) is 0 Å². The molecule has 0 aromatic heterocycles. The lowest BCUT2D eigenvalue weighted by Crippen LogP contribution is -2.37. The summed E-state index contributed by atoms with van der Waals surface area (Å²) in [5, 5.41) is 17.5. The molecule has 2 unspecified atom stereocenters. The number of quaternary nitrogens is 1. The third-order valence-electron chi connectivity index (χ3n) is 2.11. The van der Waals surface area contributed by atoms with E-state index in [4.69, 9.17) is 24.2 Å². The summed E-state index contributed by atoms with van der Waals surface area (Å²) in [6.45, 7) is 2.84. The maximum Gasteiger partial charge on any atom is 0.511 e. The highest BCUT2D eigenvalue weighted by Crippen LogP contribution is 2.22. The molecule has 1 aliphatic heterocycles. The SMILES string of the molecule is C1COCO1.C[N+](C)(C)CCO[P+](=O)CC(O)CO. The number of aliphatic hydroxyl groups excluding tert-OH is 2. The topological polar surface area (TPSA) is 85.2 Å². The van der Waals surface area contributed by atoms with Gasteiger partial charge < -0.3 is 24.2 Å². The first kappa shape index (κ1) is 18.9. The van der Waals surface area contributed by atoms with Crippen molar-refractivity contribution in [1.82, 2.24) is 0 Å². The zero-order valence-electron chi connectivity index (χ0n) is 11.9. The molecule has 2 atom stereocenters. The quantitative estimate of drug-likeness (QED) is 0.500. The van der Waals surface area contributed by atoms with Crippen LogP contribution in [-0.2, 0) is 18.6 Å². The molecule has 8 heteroatoms. The van der Waals surface area contributed by atoms with E-state index in [2.05, 4.69) is 0 Å². The van der Waals surface area contributed by atoms with Crippen LogP contribution in [0.2, 0.25) is 0 Å². The molecule has 0 radical (unpaired) electrons. The summed E-state index contributed by atoms with van der Waals surface area (Å²) < 4.78 is 26.3. The lowest BCUT2D eigenvalue weighted by atomic mass is 10.4. The van der Waals surface area contributed by atoms with Crippen LogP contribution in [-0.4, -0.2) is 87.9 Å². The van der Waals surface area contributed by atoms with Gasteiger partial charge in [0.1, 0.15) is 19.4 Å².